The van der Waals surface area contributed by atoms with E-state index in [1.807, 2.05) is 0 Å². The van der Waals surface area contributed by atoms with E-state index < -0.39 is 0 Å². The van der Waals surface area contributed by atoms with E-state index in [1.54, 1.807) is 12.1 Å². The van der Waals surface area contributed by atoms with E-state index >= 15 is 0 Å². The van der Waals surface area contributed by atoms with Gasteiger partial charge in [0.15, 0.2) is 11.5 Å². The minimum absolute atomic E-state index is 0.183. The molecule has 0 radical (unpaired) electrons. The Balaban J connectivity index is 2.56. The van der Waals surface area contributed by atoms with Gasteiger partial charge in [0.25, 0.3) is 5.91 Å². The monoisotopic (exact) mass is 325 g/mol. The minimum atomic E-state index is -0.183. The molecule has 1 N–H and O–H groups in total. The van der Waals surface area contributed by atoms with Crippen molar-refractivity contribution in [1.29, 1.82) is 0 Å². The van der Waals surface area contributed by atoms with Crippen LogP contribution in [0.4, 0.5) is 0 Å². The van der Waals surface area contributed by atoms with Gasteiger partial charge in [-0.15, -0.1) is 0 Å². The predicted molar refractivity (Wildman–Crippen MR) is 88.8 cm³/mol. The molecule has 0 fully saturated rings. The molecule has 0 spiro atoms. The lowest BCUT2D eigenvalue weighted by atomic mass is 10.1. The van der Waals surface area contributed by atoms with Crippen molar-refractivity contribution in [3.63, 3.8) is 0 Å². The van der Waals surface area contributed by atoms with Crippen molar-refractivity contribution in [3.05, 3.63) is 17.7 Å². The van der Waals surface area contributed by atoms with Crippen LogP contribution in [0, 0.1) is 0 Å². The van der Waals surface area contributed by atoms with Crippen LogP contribution in [-0.2, 0) is 4.74 Å². The quantitative estimate of drug-likeness (QED) is 0.634. The van der Waals surface area contributed by atoms with Crippen LogP contribution >= 0.6 is 0 Å². The fourth-order valence-electron chi connectivity index (χ4n) is 2.04. The summed E-state index contributed by atoms with van der Waals surface area (Å²) in [6.45, 7) is 4.11. The van der Waals surface area contributed by atoms with E-state index in [-0.39, 0.29) is 5.91 Å². The third-order valence-corrected chi connectivity index (χ3v) is 3.32. The van der Waals surface area contributed by atoms with E-state index in [1.165, 1.54) is 21.3 Å². The molecule has 0 saturated heterocycles. The van der Waals surface area contributed by atoms with Crippen LogP contribution < -0.4 is 19.5 Å². The number of methoxy groups -OCH3 is 3. The number of carbonyl (C=O) groups is 1. The van der Waals surface area contributed by atoms with Gasteiger partial charge in [-0.1, -0.05) is 13.3 Å². The Bertz CT molecular complexity index is 465. The first-order valence-corrected chi connectivity index (χ1v) is 7.83. The van der Waals surface area contributed by atoms with Crippen LogP contribution in [0.2, 0.25) is 0 Å². The third-order valence-electron chi connectivity index (χ3n) is 3.32. The molecule has 0 atom stereocenters. The molecule has 1 aromatic carbocycles. The first-order valence-electron chi connectivity index (χ1n) is 7.83. The predicted octanol–water partition coefficient (Wildman–Crippen LogP) is 2.65. The number of unbranched alkanes of at least 4 members (excludes halogenated alkanes) is 1. The lowest BCUT2D eigenvalue weighted by Crippen LogP contribution is -2.25. The maximum Gasteiger partial charge on any atom is 0.251 e. The average Bonchev–Trinajstić information content (AvgIpc) is 2.59. The number of hydrogen-bond donors (Lipinski definition) is 1. The first-order chi connectivity index (χ1) is 11.2. The molecule has 130 valence electrons. The van der Waals surface area contributed by atoms with E-state index in [9.17, 15) is 4.79 Å². The number of hydrogen-bond acceptors (Lipinski definition) is 5. The first kappa shape index (κ1) is 19.1. The lowest BCUT2D eigenvalue weighted by molar-refractivity contribution is 0.0939. The van der Waals surface area contributed by atoms with Gasteiger partial charge in [0.2, 0.25) is 5.75 Å². The summed E-state index contributed by atoms with van der Waals surface area (Å²) in [5, 5.41) is 2.86. The minimum Gasteiger partial charge on any atom is -0.493 e. The van der Waals surface area contributed by atoms with Gasteiger partial charge in [-0.2, -0.15) is 0 Å². The Labute approximate surface area is 138 Å². The van der Waals surface area contributed by atoms with Crippen LogP contribution in [0.5, 0.6) is 17.2 Å². The molecule has 0 bridgehead atoms. The molecule has 0 aromatic heterocycles. The highest BCUT2D eigenvalue weighted by Gasteiger charge is 2.16. The van der Waals surface area contributed by atoms with Crippen LogP contribution in [-0.4, -0.2) is 47.0 Å². The van der Waals surface area contributed by atoms with Crippen molar-refractivity contribution < 1.29 is 23.7 Å². The largest absolute Gasteiger partial charge is 0.493 e. The second-order valence-electron chi connectivity index (χ2n) is 4.99. The summed E-state index contributed by atoms with van der Waals surface area (Å²) in [5.74, 6) is 1.20. The number of rotatable bonds is 11. The number of benzene rings is 1. The second kappa shape index (κ2) is 10.7. The number of amides is 1. The van der Waals surface area contributed by atoms with Gasteiger partial charge in [-0.3, -0.25) is 4.79 Å². The molecule has 0 heterocycles. The normalized spacial score (nSPS) is 10.3. The van der Waals surface area contributed by atoms with Gasteiger partial charge in [-0.05, 0) is 25.0 Å². The van der Waals surface area contributed by atoms with Crippen molar-refractivity contribution in [2.24, 2.45) is 0 Å². The van der Waals surface area contributed by atoms with Gasteiger partial charge in [-0.25, -0.2) is 0 Å². The van der Waals surface area contributed by atoms with Crippen molar-refractivity contribution in [1.82, 2.24) is 5.32 Å². The average molecular weight is 325 g/mol. The zero-order chi connectivity index (χ0) is 17.1. The Kier molecular flexibility index (Phi) is 8.90. The van der Waals surface area contributed by atoms with Crippen LogP contribution in [0.1, 0.15) is 36.5 Å². The van der Waals surface area contributed by atoms with E-state index in [2.05, 4.69) is 12.2 Å². The lowest BCUT2D eigenvalue weighted by Gasteiger charge is -2.14. The number of carbonyl (C=O) groups excluding carboxylic acids is 1. The molecule has 0 aliphatic carbocycles. The fraction of sp³-hybridized carbons (Fsp3) is 0.588. The van der Waals surface area contributed by atoms with E-state index in [0.29, 0.717) is 36.0 Å². The van der Waals surface area contributed by atoms with Gasteiger partial charge in [0.1, 0.15) is 0 Å². The van der Waals surface area contributed by atoms with Crippen molar-refractivity contribution in [2.45, 2.75) is 26.2 Å². The zero-order valence-corrected chi connectivity index (χ0v) is 14.4. The highest BCUT2D eigenvalue weighted by atomic mass is 16.5. The Hall–Kier alpha value is -1.95. The molecule has 1 aromatic rings. The molecule has 6 heteroatoms. The standard InChI is InChI=1S/C17H27NO5/c1-5-6-9-23-10-7-8-18-17(19)13-11-14(20-2)16(22-4)15(12-13)21-3/h11-12H,5-10H2,1-4H3,(H,18,19). The van der Waals surface area contributed by atoms with Crippen LogP contribution in [0.3, 0.4) is 0 Å². The number of ether oxygens (including phenoxy) is 4. The Morgan fingerprint density at radius 2 is 1.61 bits per heavy atom. The summed E-state index contributed by atoms with van der Waals surface area (Å²) in [4.78, 5) is 12.2. The Morgan fingerprint density at radius 3 is 2.13 bits per heavy atom. The molecule has 1 amide bonds. The molecule has 0 aliphatic rings. The SMILES string of the molecule is CCCCOCCCNC(=O)c1cc(OC)c(OC)c(OC)c1. The maximum absolute atomic E-state index is 12.2. The van der Waals surface area contributed by atoms with Crippen LogP contribution in [0.25, 0.3) is 0 Å². The number of nitrogens with one attached hydrogen (secondary N) is 1. The summed E-state index contributed by atoms with van der Waals surface area (Å²) >= 11 is 0. The second-order valence-corrected chi connectivity index (χ2v) is 4.99. The van der Waals surface area contributed by atoms with Crippen LogP contribution in [0.15, 0.2) is 12.1 Å². The van der Waals surface area contributed by atoms with Crippen molar-refractivity contribution in [3.8, 4) is 17.2 Å². The maximum atomic E-state index is 12.2. The summed E-state index contributed by atoms with van der Waals surface area (Å²) in [5.41, 5.74) is 0.464. The molecule has 1 rings (SSSR count). The molecule has 6 nitrogen and oxygen atoms in total. The van der Waals surface area contributed by atoms with E-state index in [0.717, 1.165) is 25.9 Å². The summed E-state index contributed by atoms with van der Waals surface area (Å²) in [7, 11) is 4.57. The smallest absolute Gasteiger partial charge is 0.251 e. The van der Waals surface area contributed by atoms with Crippen molar-refractivity contribution in [2.75, 3.05) is 41.1 Å². The topological polar surface area (TPSA) is 66.0 Å². The summed E-state index contributed by atoms with van der Waals surface area (Å²) in [6, 6.07) is 3.27. The summed E-state index contributed by atoms with van der Waals surface area (Å²) in [6.07, 6.45) is 2.97. The highest BCUT2D eigenvalue weighted by Crippen LogP contribution is 2.38. The molecular formula is C17H27NO5. The summed E-state index contributed by atoms with van der Waals surface area (Å²) < 4.78 is 21.2. The molecule has 0 unspecified atom stereocenters. The van der Waals surface area contributed by atoms with E-state index in [4.69, 9.17) is 18.9 Å². The fourth-order valence-corrected chi connectivity index (χ4v) is 2.04. The highest BCUT2D eigenvalue weighted by molar-refractivity contribution is 5.95. The molecule has 0 aliphatic heterocycles. The molecule has 0 saturated carbocycles. The van der Waals surface area contributed by atoms with Gasteiger partial charge in [0, 0.05) is 25.3 Å². The third kappa shape index (κ3) is 5.98. The molecular weight excluding hydrogens is 298 g/mol. The Morgan fingerprint density at radius 1 is 1.00 bits per heavy atom. The zero-order valence-electron chi connectivity index (χ0n) is 14.4. The van der Waals surface area contributed by atoms with Gasteiger partial charge in [0.05, 0.1) is 21.3 Å². The van der Waals surface area contributed by atoms with Crippen molar-refractivity contribution >= 4 is 5.91 Å². The van der Waals surface area contributed by atoms with Gasteiger partial charge < -0.3 is 24.3 Å². The molecule has 23 heavy (non-hydrogen) atoms. The van der Waals surface area contributed by atoms with Gasteiger partial charge >= 0.3 is 0 Å².